The second-order valence-corrected chi connectivity index (χ2v) is 8.41. The van der Waals surface area contributed by atoms with Crippen molar-refractivity contribution in [2.75, 3.05) is 0 Å². The molecule has 4 fully saturated rings. The third-order valence-corrected chi connectivity index (χ3v) is 6.47. The molecule has 0 aliphatic heterocycles. The zero-order valence-corrected chi connectivity index (χ0v) is 11.2. The highest BCUT2D eigenvalue weighted by molar-refractivity contribution is 7.93. The van der Waals surface area contributed by atoms with Gasteiger partial charge in [0.15, 0.2) is 0 Å². The maximum atomic E-state index is 12.0. The topological polar surface area (TPSA) is 46.2 Å². The summed E-state index contributed by atoms with van der Waals surface area (Å²) in [4.78, 5) is 0.244. The van der Waals surface area contributed by atoms with Crippen LogP contribution in [0.3, 0.4) is 0 Å². The molecular formula is C13H21NO2S. The number of allylic oxidation sites excluding steroid dienone is 1. The Morgan fingerprint density at radius 1 is 1.12 bits per heavy atom. The molecule has 0 aromatic heterocycles. The summed E-state index contributed by atoms with van der Waals surface area (Å²) in [5.74, 6) is 2.28. The lowest BCUT2D eigenvalue weighted by Crippen LogP contribution is -2.59. The van der Waals surface area contributed by atoms with E-state index in [4.69, 9.17) is 0 Å². The van der Waals surface area contributed by atoms with E-state index in [-0.39, 0.29) is 10.4 Å². The van der Waals surface area contributed by atoms with E-state index < -0.39 is 10.0 Å². The quantitative estimate of drug-likeness (QED) is 0.841. The minimum atomic E-state index is -3.31. The van der Waals surface area contributed by atoms with Crippen molar-refractivity contribution in [2.24, 2.45) is 17.8 Å². The minimum Gasteiger partial charge on any atom is -0.207 e. The first-order valence-corrected chi connectivity index (χ1v) is 8.06. The monoisotopic (exact) mass is 255 g/mol. The molecule has 3 nitrogen and oxygen atoms in total. The van der Waals surface area contributed by atoms with Crippen LogP contribution in [-0.2, 0) is 10.0 Å². The zero-order valence-electron chi connectivity index (χ0n) is 10.4. The molecule has 0 unspecified atom stereocenters. The lowest BCUT2D eigenvalue weighted by molar-refractivity contribution is -0.00798. The van der Waals surface area contributed by atoms with Gasteiger partial charge in [0.1, 0.15) is 0 Å². The van der Waals surface area contributed by atoms with Crippen LogP contribution in [0, 0.1) is 17.8 Å². The molecule has 96 valence electrons. The highest BCUT2D eigenvalue weighted by Gasteiger charge is 2.52. The number of sulfonamides is 1. The van der Waals surface area contributed by atoms with Crippen LogP contribution in [0.1, 0.15) is 45.4 Å². The lowest BCUT2D eigenvalue weighted by atomic mass is 9.53. The molecular weight excluding hydrogens is 234 g/mol. The van der Waals surface area contributed by atoms with E-state index in [1.54, 1.807) is 6.92 Å². The molecule has 4 aliphatic carbocycles. The van der Waals surface area contributed by atoms with Crippen LogP contribution in [-0.4, -0.2) is 14.0 Å². The van der Waals surface area contributed by atoms with E-state index >= 15 is 0 Å². The Balaban J connectivity index is 1.85. The van der Waals surface area contributed by atoms with E-state index in [1.807, 2.05) is 0 Å². The van der Waals surface area contributed by atoms with E-state index in [9.17, 15) is 8.42 Å². The molecule has 4 saturated carbocycles. The molecule has 0 spiro atoms. The molecule has 0 amide bonds. The van der Waals surface area contributed by atoms with Gasteiger partial charge >= 0.3 is 0 Å². The highest BCUT2D eigenvalue weighted by Crippen LogP contribution is 2.55. The smallest absolute Gasteiger partial charge is 0.207 e. The molecule has 4 bridgehead atoms. The molecule has 0 heterocycles. The average Bonchev–Trinajstić information content (AvgIpc) is 2.12. The van der Waals surface area contributed by atoms with Gasteiger partial charge in [-0.05, 0) is 63.2 Å². The van der Waals surface area contributed by atoms with Crippen molar-refractivity contribution in [1.82, 2.24) is 4.72 Å². The van der Waals surface area contributed by atoms with Gasteiger partial charge < -0.3 is 0 Å². The Bertz CT molecular complexity index is 417. The van der Waals surface area contributed by atoms with Crippen molar-refractivity contribution in [3.63, 3.8) is 0 Å². The van der Waals surface area contributed by atoms with Gasteiger partial charge in [-0.15, -0.1) is 0 Å². The van der Waals surface area contributed by atoms with Gasteiger partial charge in [-0.1, -0.05) is 6.58 Å². The summed E-state index contributed by atoms with van der Waals surface area (Å²) in [6, 6.07) is 0. The minimum absolute atomic E-state index is 0.132. The van der Waals surface area contributed by atoms with Gasteiger partial charge in [-0.2, -0.15) is 0 Å². The number of nitrogens with one attached hydrogen (secondary N) is 1. The van der Waals surface area contributed by atoms with Crippen molar-refractivity contribution < 1.29 is 8.42 Å². The van der Waals surface area contributed by atoms with E-state index in [0.29, 0.717) is 0 Å². The largest absolute Gasteiger partial charge is 0.236 e. The third kappa shape index (κ3) is 1.95. The molecule has 0 atom stereocenters. The Kier molecular flexibility index (Phi) is 2.47. The van der Waals surface area contributed by atoms with Crippen molar-refractivity contribution in [1.29, 1.82) is 0 Å². The first-order valence-electron chi connectivity index (χ1n) is 6.58. The van der Waals surface area contributed by atoms with Gasteiger partial charge in [-0.25, -0.2) is 13.1 Å². The number of hydrogen-bond donors (Lipinski definition) is 1. The molecule has 0 radical (unpaired) electrons. The SMILES string of the molecule is C=C(C)S(=O)(=O)NC12CC3CC(CC(C3)C1)C2. The second-order valence-electron chi connectivity index (χ2n) is 6.51. The van der Waals surface area contributed by atoms with Crippen LogP contribution in [0.25, 0.3) is 0 Å². The predicted octanol–water partition coefficient (Wildman–Crippen LogP) is 2.41. The summed E-state index contributed by atoms with van der Waals surface area (Å²) >= 11 is 0. The van der Waals surface area contributed by atoms with Crippen LogP contribution >= 0.6 is 0 Å². The van der Waals surface area contributed by atoms with Crippen molar-refractivity contribution in [2.45, 2.75) is 51.0 Å². The summed E-state index contributed by atoms with van der Waals surface area (Å²) in [6.07, 6.45) is 7.12. The highest BCUT2D eigenvalue weighted by atomic mass is 32.2. The fourth-order valence-corrected chi connectivity index (χ4v) is 5.60. The number of rotatable bonds is 3. The Morgan fingerprint density at radius 3 is 1.88 bits per heavy atom. The second kappa shape index (κ2) is 3.58. The lowest BCUT2D eigenvalue weighted by Gasteiger charge is -2.56. The summed E-state index contributed by atoms with van der Waals surface area (Å²) in [5.41, 5.74) is -0.132. The fourth-order valence-electron chi connectivity index (χ4n) is 4.61. The summed E-state index contributed by atoms with van der Waals surface area (Å²) in [6.45, 7) is 5.15. The fraction of sp³-hybridized carbons (Fsp3) is 0.846. The molecule has 4 aliphatic rings. The normalized spacial score (nSPS) is 43.9. The van der Waals surface area contributed by atoms with E-state index in [2.05, 4.69) is 11.3 Å². The first-order chi connectivity index (χ1) is 7.89. The van der Waals surface area contributed by atoms with Crippen molar-refractivity contribution in [3.8, 4) is 0 Å². The summed E-state index contributed by atoms with van der Waals surface area (Å²) in [7, 11) is -3.31. The number of hydrogen-bond acceptors (Lipinski definition) is 2. The molecule has 0 saturated heterocycles. The molecule has 4 heteroatoms. The zero-order chi connectivity index (χ0) is 12.3. The van der Waals surface area contributed by atoms with Crippen molar-refractivity contribution in [3.05, 3.63) is 11.5 Å². The third-order valence-electron chi connectivity index (χ3n) is 4.85. The Labute approximate surface area is 104 Å². The average molecular weight is 255 g/mol. The maximum absolute atomic E-state index is 12.0. The maximum Gasteiger partial charge on any atom is 0.236 e. The first kappa shape index (κ1) is 11.7. The van der Waals surface area contributed by atoms with Gasteiger partial charge in [0, 0.05) is 10.4 Å². The molecule has 4 rings (SSSR count). The van der Waals surface area contributed by atoms with Crippen LogP contribution in [0.4, 0.5) is 0 Å². The molecule has 0 aromatic rings. The van der Waals surface area contributed by atoms with Crippen LogP contribution in [0.2, 0.25) is 0 Å². The van der Waals surface area contributed by atoms with Crippen LogP contribution < -0.4 is 4.72 Å². The van der Waals surface area contributed by atoms with Gasteiger partial charge in [0.2, 0.25) is 10.0 Å². The predicted molar refractivity (Wildman–Crippen MR) is 67.8 cm³/mol. The van der Waals surface area contributed by atoms with Gasteiger partial charge in [0.25, 0.3) is 0 Å². The van der Waals surface area contributed by atoms with Crippen molar-refractivity contribution >= 4 is 10.0 Å². The Morgan fingerprint density at radius 2 is 1.53 bits per heavy atom. The van der Waals surface area contributed by atoms with Gasteiger partial charge in [0.05, 0.1) is 0 Å². The summed E-state index contributed by atoms with van der Waals surface area (Å²) in [5, 5.41) is 0. The van der Waals surface area contributed by atoms with E-state index in [1.165, 1.54) is 19.3 Å². The van der Waals surface area contributed by atoms with E-state index in [0.717, 1.165) is 37.0 Å². The molecule has 1 N–H and O–H groups in total. The standard InChI is InChI=1S/C13H21NO2S/c1-9(2)17(15,16)14-13-6-10-3-11(7-13)5-12(4-10)8-13/h10-12,14H,1,3-8H2,2H3. The molecule has 17 heavy (non-hydrogen) atoms. The Hall–Kier alpha value is -0.350. The van der Waals surface area contributed by atoms with Crippen LogP contribution in [0.15, 0.2) is 11.5 Å². The van der Waals surface area contributed by atoms with Gasteiger partial charge in [-0.3, -0.25) is 0 Å². The molecule has 0 aromatic carbocycles. The van der Waals surface area contributed by atoms with Crippen LogP contribution in [0.5, 0.6) is 0 Å². The summed E-state index contributed by atoms with van der Waals surface area (Å²) < 4.78 is 27.0.